The number of hydrogen-bond acceptors (Lipinski definition) is 2. The molecular weight excluding hydrogens is 247 g/mol. The molecule has 0 fully saturated rings. The van der Waals surface area contributed by atoms with E-state index in [4.69, 9.17) is 28.9 Å². The standard InChI is InChI=1S/C11H14Cl2N2O/c1-2-7(14)6-15-11(16)8-4-3-5-9(12)10(8)13/h3-5,7H,2,6,14H2,1H3,(H,15,16). The Hall–Kier alpha value is -0.770. The van der Waals surface area contributed by atoms with Crippen molar-refractivity contribution in [2.75, 3.05) is 6.54 Å². The number of rotatable bonds is 4. The van der Waals surface area contributed by atoms with Crippen LogP contribution in [-0.2, 0) is 0 Å². The molecule has 0 bridgehead atoms. The fourth-order valence-corrected chi connectivity index (χ4v) is 1.53. The molecule has 0 aromatic heterocycles. The molecule has 16 heavy (non-hydrogen) atoms. The number of carbonyl (C=O) groups is 1. The average molecular weight is 261 g/mol. The molecule has 3 nitrogen and oxygen atoms in total. The van der Waals surface area contributed by atoms with Gasteiger partial charge in [0.15, 0.2) is 0 Å². The van der Waals surface area contributed by atoms with Crippen molar-refractivity contribution in [2.45, 2.75) is 19.4 Å². The van der Waals surface area contributed by atoms with Gasteiger partial charge >= 0.3 is 0 Å². The topological polar surface area (TPSA) is 55.1 Å². The summed E-state index contributed by atoms with van der Waals surface area (Å²) in [4.78, 5) is 11.7. The van der Waals surface area contributed by atoms with Crippen LogP contribution in [0.3, 0.4) is 0 Å². The lowest BCUT2D eigenvalue weighted by atomic mass is 10.2. The highest BCUT2D eigenvalue weighted by Gasteiger charge is 2.12. The van der Waals surface area contributed by atoms with Crippen LogP contribution < -0.4 is 11.1 Å². The molecule has 1 amide bonds. The third kappa shape index (κ3) is 3.37. The first-order chi connectivity index (χ1) is 7.56. The normalized spacial score (nSPS) is 12.2. The molecule has 5 heteroatoms. The Kier molecular flexibility index (Phi) is 5.06. The van der Waals surface area contributed by atoms with Crippen LogP contribution in [0.1, 0.15) is 23.7 Å². The lowest BCUT2D eigenvalue weighted by Gasteiger charge is -2.11. The fourth-order valence-electron chi connectivity index (χ4n) is 1.14. The molecule has 0 aliphatic rings. The Balaban J connectivity index is 2.70. The monoisotopic (exact) mass is 260 g/mol. The number of benzene rings is 1. The molecule has 0 spiro atoms. The minimum atomic E-state index is -0.253. The van der Waals surface area contributed by atoms with Crippen LogP contribution in [0.5, 0.6) is 0 Å². The van der Waals surface area contributed by atoms with Gasteiger partial charge in [-0.05, 0) is 18.6 Å². The molecule has 0 aliphatic heterocycles. The van der Waals surface area contributed by atoms with Gasteiger partial charge < -0.3 is 11.1 Å². The molecule has 1 aromatic carbocycles. The van der Waals surface area contributed by atoms with Crippen molar-refractivity contribution in [3.63, 3.8) is 0 Å². The van der Waals surface area contributed by atoms with Gasteiger partial charge in [0.2, 0.25) is 0 Å². The van der Waals surface area contributed by atoms with E-state index < -0.39 is 0 Å². The summed E-state index contributed by atoms with van der Waals surface area (Å²) in [7, 11) is 0. The van der Waals surface area contributed by atoms with Gasteiger partial charge in [-0.2, -0.15) is 0 Å². The Bertz CT molecular complexity index is 382. The van der Waals surface area contributed by atoms with E-state index in [0.29, 0.717) is 17.1 Å². The van der Waals surface area contributed by atoms with Crippen molar-refractivity contribution in [3.05, 3.63) is 33.8 Å². The van der Waals surface area contributed by atoms with Gasteiger partial charge in [0.05, 0.1) is 15.6 Å². The third-order valence-corrected chi connectivity index (χ3v) is 3.06. The van der Waals surface area contributed by atoms with E-state index >= 15 is 0 Å². The first-order valence-corrected chi connectivity index (χ1v) is 5.79. The molecule has 0 saturated heterocycles. The van der Waals surface area contributed by atoms with Crippen LogP contribution >= 0.6 is 23.2 Å². The van der Waals surface area contributed by atoms with Gasteiger partial charge in [-0.25, -0.2) is 0 Å². The van der Waals surface area contributed by atoms with Gasteiger partial charge in [0.1, 0.15) is 0 Å². The molecule has 0 heterocycles. The minimum absolute atomic E-state index is 0.0399. The second-order valence-electron chi connectivity index (χ2n) is 3.48. The quantitative estimate of drug-likeness (QED) is 0.874. The van der Waals surface area contributed by atoms with Crippen molar-refractivity contribution in [2.24, 2.45) is 5.73 Å². The molecule has 1 rings (SSSR count). The van der Waals surface area contributed by atoms with Gasteiger partial charge in [-0.3, -0.25) is 4.79 Å². The summed E-state index contributed by atoms with van der Waals surface area (Å²) < 4.78 is 0. The zero-order valence-electron chi connectivity index (χ0n) is 8.97. The zero-order valence-corrected chi connectivity index (χ0v) is 10.5. The van der Waals surface area contributed by atoms with E-state index in [9.17, 15) is 4.79 Å². The highest BCUT2D eigenvalue weighted by molar-refractivity contribution is 6.43. The highest BCUT2D eigenvalue weighted by Crippen LogP contribution is 2.25. The Labute approximate surface area is 105 Å². The SMILES string of the molecule is CCC(N)CNC(=O)c1cccc(Cl)c1Cl. The number of carbonyl (C=O) groups excluding carboxylic acids is 1. The van der Waals surface area contributed by atoms with E-state index in [1.807, 2.05) is 6.92 Å². The van der Waals surface area contributed by atoms with E-state index in [-0.39, 0.29) is 17.0 Å². The lowest BCUT2D eigenvalue weighted by molar-refractivity contribution is 0.0951. The molecular formula is C11H14Cl2N2O. The van der Waals surface area contributed by atoms with Crippen LogP contribution in [-0.4, -0.2) is 18.5 Å². The van der Waals surface area contributed by atoms with Gasteiger partial charge in [-0.15, -0.1) is 0 Å². The van der Waals surface area contributed by atoms with Crippen LogP contribution in [0, 0.1) is 0 Å². The summed E-state index contributed by atoms with van der Waals surface area (Å²) in [5.41, 5.74) is 6.07. The van der Waals surface area contributed by atoms with E-state index in [1.165, 1.54) is 0 Å². The number of amides is 1. The summed E-state index contributed by atoms with van der Waals surface area (Å²) in [5, 5.41) is 3.35. The van der Waals surface area contributed by atoms with Crippen molar-refractivity contribution in [1.82, 2.24) is 5.32 Å². The smallest absolute Gasteiger partial charge is 0.252 e. The highest BCUT2D eigenvalue weighted by atomic mass is 35.5. The number of halogens is 2. The van der Waals surface area contributed by atoms with Crippen molar-refractivity contribution in [1.29, 1.82) is 0 Å². The Morgan fingerprint density at radius 2 is 2.19 bits per heavy atom. The molecule has 88 valence electrons. The fraction of sp³-hybridized carbons (Fsp3) is 0.364. The average Bonchev–Trinajstić information content (AvgIpc) is 2.29. The van der Waals surface area contributed by atoms with Crippen LogP contribution in [0.2, 0.25) is 10.0 Å². The zero-order chi connectivity index (χ0) is 12.1. The Morgan fingerprint density at radius 1 is 1.50 bits per heavy atom. The lowest BCUT2D eigenvalue weighted by Crippen LogP contribution is -2.36. The van der Waals surface area contributed by atoms with Crippen LogP contribution in [0.15, 0.2) is 18.2 Å². The van der Waals surface area contributed by atoms with Crippen LogP contribution in [0.4, 0.5) is 0 Å². The van der Waals surface area contributed by atoms with Gasteiger partial charge in [-0.1, -0.05) is 36.2 Å². The van der Waals surface area contributed by atoms with Gasteiger partial charge in [0, 0.05) is 12.6 Å². The predicted octanol–water partition coefficient (Wildman–Crippen LogP) is 2.46. The van der Waals surface area contributed by atoms with Crippen LogP contribution in [0.25, 0.3) is 0 Å². The maximum absolute atomic E-state index is 11.7. The largest absolute Gasteiger partial charge is 0.350 e. The van der Waals surface area contributed by atoms with Crippen molar-refractivity contribution in [3.8, 4) is 0 Å². The molecule has 0 radical (unpaired) electrons. The summed E-state index contributed by atoms with van der Waals surface area (Å²) in [6, 6.07) is 4.91. The van der Waals surface area contributed by atoms with E-state index in [0.717, 1.165) is 6.42 Å². The Morgan fingerprint density at radius 3 is 2.81 bits per heavy atom. The second kappa shape index (κ2) is 6.09. The molecule has 0 saturated carbocycles. The number of hydrogen-bond donors (Lipinski definition) is 2. The predicted molar refractivity (Wildman–Crippen MR) is 67.1 cm³/mol. The number of nitrogens with two attached hydrogens (primary N) is 1. The molecule has 1 atom stereocenters. The maximum Gasteiger partial charge on any atom is 0.252 e. The van der Waals surface area contributed by atoms with E-state index in [2.05, 4.69) is 5.32 Å². The molecule has 1 aromatic rings. The second-order valence-corrected chi connectivity index (χ2v) is 4.26. The summed E-state index contributed by atoms with van der Waals surface area (Å²) in [6.45, 7) is 2.39. The maximum atomic E-state index is 11.7. The summed E-state index contributed by atoms with van der Waals surface area (Å²) in [5.74, 6) is -0.253. The first-order valence-electron chi connectivity index (χ1n) is 5.04. The summed E-state index contributed by atoms with van der Waals surface area (Å²) >= 11 is 11.7. The van der Waals surface area contributed by atoms with Crippen molar-refractivity contribution < 1.29 is 4.79 Å². The van der Waals surface area contributed by atoms with Gasteiger partial charge in [0.25, 0.3) is 5.91 Å². The van der Waals surface area contributed by atoms with E-state index in [1.54, 1.807) is 18.2 Å². The summed E-state index contributed by atoms with van der Waals surface area (Å²) in [6.07, 6.45) is 0.809. The minimum Gasteiger partial charge on any atom is -0.350 e. The molecule has 3 N–H and O–H groups in total. The molecule has 0 aliphatic carbocycles. The third-order valence-electron chi connectivity index (χ3n) is 2.25. The molecule has 1 unspecified atom stereocenters. The van der Waals surface area contributed by atoms with Crippen molar-refractivity contribution >= 4 is 29.1 Å². The first kappa shape index (κ1) is 13.3. The number of nitrogens with one attached hydrogen (secondary N) is 1.